The van der Waals surface area contributed by atoms with Gasteiger partial charge in [0.1, 0.15) is 0 Å². The number of hydrogen-bond acceptors (Lipinski definition) is 3. The van der Waals surface area contributed by atoms with Gasteiger partial charge in [-0.2, -0.15) is 0 Å². The Bertz CT molecular complexity index is 308. The second-order valence-corrected chi connectivity index (χ2v) is 2.22. The van der Waals surface area contributed by atoms with Gasteiger partial charge in [0.05, 0.1) is 11.1 Å². The van der Waals surface area contributed by atoms with Crippen molar-refractivity contribution >= 4 is 11.9 Å². The minimum Gasteiger partial charge on any atom is -0.386 e. The Labute approximate surface area is 62.6 Å². The molecular formula is C8H4O3. The van der Waals surface area contributed by atoms with Gasteiger partial charge < -0.3 is 4.74 Å². The Hall–Kier alpha value is -1.64. The highest BCUT2D eigenvalue weighted by Gasteiger charge is 2.28. The number of benzene rings is 1. The van der Waals surface area contributed by atoms with Gasteiger partial charge in [0.2, 0.25) is 0 Å². The van der Waals surface area contributed by atoms with Crippen molar-refractivity contribution in [3.05, 3.63) is 35.4 Å². The van der Waals surface area contributed by atoms with Gasteiger partial charge in [-0.1, -0.05) is 12.1 Å². The Morgan fingerprint density at radius 1 is 0.909 bits per heavy atom. The predicted molar refractivity (Wildman–Crippen MR) is 36.2 cm³/mol. The zero-order valence-corrected chi connectivity index (χ0v) is 5.53. The fourth-order valence-electron chi connectivity index (χ4n) is 1.03. The lowest BCUT2D eigenvalue weighted by Gasteiger charge is -1.86. The molecule has 0 spiro atoms. The molecule has 1 aromatic carbocycles. The lowest BCUT2D eigenvalue weighted by Crippen LogP contribution is -1.96. The number of ether oxygens (including phenoxy) is 1. The fraction of sp³-hybridized carbons (Fsp3) is 0. The molecule has 1 aliphatic heterocycles. The quantitative estimate of drug-likeness (QED) is 0.318. The third-order valence-electron chi connectivity index (χ3n) is 1.55. The average molecular weight is 154 g/mol. The zero-order valence-electron chi connectivity index (χ0n) is 5.53. The number of carbonyl (C=O) groups excluding carboxylic acids is 2. The lowest BCUT2D eigenvalue weighted by atomic mass is 10.7. The Balaban J connectivity index is 2.69. The van der Waals surface area contributed by atoms with Gasteiger partial charge in [-0.15, -0.1) is 0 Å². The van der Waals surface area contributed by atoms with E-state index in [4.69, 9.17) is 0 Å². The van der Waals surface area contributed by atoms with E-state index in [0.29, 0.717) is 11.1 Å². The summed E-state index contributed by atoms with van der Waals surface area (Å²) in [5.74, 6) is -1.10. The van der Waals surface area contributed by atoms with Crippen LogP contribution in [0.15, 0.2) is 24.3 Å². The van der Waals surface area contributed by atoms with Crippen molar-refractivity contribution < 1.29 is 14.3 Å². The number of carbonyl (C=O) groups is 2. The van der Waals surface area contributed by atoms with Crippen LogP contribution in [0.1, 0.15) is 20.7 Å². The maximum atomic E-state index is 10.8. The summed E-state index contributed by atoms with van der Waals surface area (Å²) < 4.78 is 4.35. The van der Waals surface area contributed by atoms with Gasteiger partial charge in [0.15, 0.2) is 0 Å². The molecule has 0 aromatic heterocycles. The smallest absolute Gasteiger partial charge is 0.346 e. The molecule has 11 heavy (non-hydrogen) atoms. The van der Waals surface area contributed by atoms with Gasteiger partial charge in [0, 0.05) is 0 Å². The van der Waals surface area contributed by atoms with E-state index in [1.165, 1.54) is 0 Å². The minimum atomic E-state index is -0.550. The molecule has 0 N–H and O–H groups in total. The molecule has 3 nitrogen and oxygen atoms in total. The van der Waals surface area contributed by atoms with Crippen LogP contribution in [0.5, 0.6) is 0 Å². The molecule has 54 valence electrons. The van der Waals surface area contributed by atoms with E-state index < -0.39 is 11.9 Å². The van der Waals surface area contributed by atoms with Crippen LogP contribution in [0.4, 0.5) is 0 Å². The van der Waals surface area contributed by atoms with Crippen molar-refractivity contribution in [3.8, 4) is 0 Å². The van der Waals surface area contributed by atoms with Crippen LogP contribution in [-0.2, 0) is 4.74 Å². The van der Waals surface area contributed by atoms with Crippen molar-refractivity contribution in [2.24, 2.45) is 0 Å². The van der Waals surface area contributed by atoms with Gasteiger partial charge in [-0.25, -0.2) is 9.59 Å². The van der Waals surface area contributed by atoms with E-state index in [-0.39, 0.29) is 0 Å². The molecule has 0 bridgehead atoms. The van der Waals surface area contributed by atoms with Gasteiger partial charge in [0.25, 0.3) is 0 Å². The summed E-state index contributed by atoms with van der Waals surface area (Å²) in [5, 5.41) is 0. The monoisotopic (exact) mass is 154 g/mol. The molecule has 1 heterocycles. The van der Waals surface area contributed by atoms with Gasteiger partial charge >= 0.3 is 11.9 Å². The first-order valence-corrected chi connectivity index (χ1v) is 3.14. The second-order valence-electron chi connectivity index (χ2n) is 2.22. The van der Waals surface area contributed by atoms with Crippen LogP contribution in [0.3, 0.4) is 0 Å². The predicted octanol–water partition coefficient (Wildman–Crippen LogP) is 0.997. The van der Waals surface area contributed by atoms with Crippen molar-refractivity contribution in [1.29, 1.82) is 0 Å². The molecule has 0 amide bonds. The van der Waals surface area contributed by atoms with Crippen molar-refractivity contribution in [2.45, 2.75) is 0 Å². The highest BCUT2D eigenvalue weighted by Crippen LogP contribution is 2.18. The summed E-state index contributed by atoms with van der Waals surface area (Å²) in [6, 6.07) is 6.53. The van der Waals surface area contributed by atoms with Crippen molar-refractivity contribution in [2.75, 3.05) is 0 Å². The van der Waals surface area contributed by atoms with E-state index >= 15 is 0 Å². The maximum Gasteiger partial charge on any atom is 0.346 e. The standard InChI is InChI=1S/C8H4O3/c9-7-5-3-1-2-4-6(5)8(10)11-7/h1-4H/i1+1,3+1,5+1,6+1,7+1,8+1. The number of rotatable bonds is 0. The Morgan fingerprint density at radius 3 is 1.82 bits per heavy atom. The molecule has 0 fully saturated rings. The van der Waals surface area contributed by atoms with Crippen LogP contribution in [-0.4, -0.2) is 11.9 Å². The summed E-state index contributed by atoms with van der Waals surface area (Å²) in [7, 11) is 0. The molecule has 3 heteroatoms. The summed E-state index contributed by atoms with van der Waals surface area (Å²) in [6.07, 6.45) is 0. The fourth-order valence-corrected chi connectivity index (χ4v) is 1.03. The SMILES string of the molecule is O=[13C]1O[13C](=O)[13c]2[13cH][13cH]cc[13c]21. The molecule has 0 saturated carbocycles. The third kappa shape index (κ3) is 0.741. The second kappa shape index (κ2) is 1.92. The first-order chi connectivity index (χ1) is 5.29. The molecule has 1 aromatic rings. The van der Waals surface area contributed by atoms with E-state index in [0.717, 1.165) is 0 Å². The van der Waals surface area contributed by atoms with Gasteiger partial charge in [-0.05, 0) is 12.1 Å². The Kier molecular flexibility index (Phi) is 1.06. The van der Waals surface area contributed by atoms with Crippen LogP contribution < -0.4 is 0 Å². The van der Waals surface area contributed by atoms with E-state index in [9.17, 15) is 9.59 Å². The van der Waals surface area contributed by atoms with Crippen LogP contribution in [0, 0.1) is 0 Å². The average Bonchev–Trinajstić information content (AvgIpc) is 2.30. The summed E-state index contributed by atoms with van der Waals surface area (Å²) in [6.45, 7) is 0. The van der Waals surface area contributed by atoms with Crippen molar-refractivity contribution in [3.63, 3.8) is 0 Å². The normalized spacial score (nSPS) is 14.5. The Morgan fingerprint density at radius 2 is 1.36 bits per heavy atom. The topological polar surface area (TPSA) is 43.4 Å². The molecule has 0 radical (unpaired) electrons. The first-order valence-electron chi connectivity index (χ1n) is 3.14. The third-order valence-corrected chi connectivity index (χ3v) is 1.55. The molecule has 2 rings (SSSR count). The van der Waals surface area contributed by atoms with E-state index in [1.807, 2.05) is 0 Å². The summed E-state index contributed by atoms with van der Waals surface area (Å²) in [5.41, 5.74) is 0.718. The van der Waals surface area contributed by atoms with E-state index in [2.05, 4.69) is 4.74 Å². The van der Waals surface area contributed by atoms with Crippen LogP contribution >= 0.6 is 0 Å². The summed E-state index contributed by atoms with van der Waals surface area (Å²) in [4.78, 5) is 21.7. The van der Waals surface area contributed by atoms with Crippen molar-refractivity contribution in [1.82, 2.24) is 0 Å². The largest absolute Gasteiger partial charge is 0.386 e. The maximum absolute atomic E-state index is 10.8. The molecule has 0 aliphatic carbocycles. The zero-order chi connectivity index (χ0) is 7.84. The van der Waals surface area contributed by atoms with Crippen LogP contribution in [0.25, 0.3) is 0 Å². The highest BCUT2D eigenvalue weighted by molar-refractivity contribution is 6.14. The number of esters is 2. The molecule has 0 unspecified atom stereocenters. The van der Waals surface area contributed by atoms with Gasteiger partial charge in [-0.3, -0.25) is 0 Å². The highest BCUT2D eigenvalue weighted by atomic mass is 16.7. The molecule has 0 saturated heterocycles. The van der Waals surface area contributed by atoms with E-state index in [1.54, 1.807) is 24.3 Å². The summed E-state index contributed by atoms with van der Waals surface area (Å²) >= 11 is 0. The molecule has 1 aliphatic rings. The minimum absolute atomic E-state index is 0.359. The molecular weight excluding hydrogens is 150 g/mol. The lowest BCUT2D eigenvalue weighted by molar-refractivity contribution is 0.0444. The molecule has 0 atom stereocenters. The first kappa shape index (κ1) is 6.09. The van der Waals surface area contributed by atoms with Crippen LogP contribution in [0.2, 0.25) is 0 Å². The number of fused-ring (bicyclic) bond motifs is 1. The number of hydrogen-bond donors (Lipinski definition) is 0. The number of cyclic esters (lactones) is 2.